The molecule has 0 fully saturated rings. The summed E-state index contributed by atoms with van der Waals surface area (Å²) in [4.78, 5) is 15.9. The molecule has 0 aliphatic heterocycles. The largest absolute Gasteiger partial charge is 0.435 e. The minimum atomic E-state index is -0.260. The molecule has 0 saturated carbocycles. The van der Waals surface area contributed by atoms with Crippen LogP contribution in [0.5, 0.6) is 11.6 Å². The second-order valence-corrected chi connectivity index (χ2v) is 5.48. The Kier molecular flexibility index (Phi) is 6.65. The van der Waals surface area contributed by atoms with Crippen LogP contribution in [0.1, 0.15) is 13.3 Å². The van der Waals surface area contributed by atoms with Crippen molar-refractivity contribution in [3.05, 3.63) is 46.6 Å². The molecule has 0 radical (unpaired) electrons. The molecule has 0 unspecified atom stereocenters. The standard InChI is InChI=1S/C16H16Cl2N2O3/c1-2-7-22-10-15(21)20-13-5-3-4-6-14(13)23-16-12(18)8-11(17)9-19-16/h3-6,8-9H,2,7,10H2,1H3,(H,20,21). The number of para-hydroxylation sites is 2. The zero-order valence-corrected chi connectivity index (χ0v) is 14.0. The molecule has 0 aliphatic rings. The van der Waals surface area contributed by atoms with Crippen LogP contribution >= 0.6 is 23.2 Å². The fraction of sp³-hybridized carbons (Fsp3) is 0.250. The van der Waals surface area contributed by atoms with E-state index < -0.39 is 0 Å². The Balaban J connectivity index is 2.09. The van der Waals surface area contributed by atoms with Crippen molar-refractivity contribution in [2.75, 3.05) is 18.5 Å². The molecule has 2 rings (SSSR count). The molecule has 5 nitrogen and oxygen atoms in total. The molecule has 23 heavy (non-hydrogen) atoms. The average Bonchev–Trinajstić information content (AvgIpc) is 2.52. The summed E-state index contributed by atoms with van der Waals surface area (Å²) in [5, 5.41) is 3.43. The summed E-state index contributed by atoms with van der Waals surface area (Å²) >= 11 is 11.8. The summed E-state index contributed by atoms with van der Waals surface area (Å²) in [5.74, 6) is 0.373. The van der Waals surface area contributed by atoms with E-state index in [2.05, 4.69) is 10.3 Å². The van der Waals surface area contributed by atoms with Crippen LogP contribution in [0.15, 0.2) is 36.5 Å². The van der Waals surface area contributed by atoms with Gasteiger partial charge in [0.25, 0.3) is 0 Å². The number of amides is 1. The van der Waals surface area contributed by atoms with E-state index in [9.17, 15) is 4.79 Å². The number of halogens is 2. The fourth-order valence-electron chi connectivity index (χ4n) is 1.74. The normalized spacial score (nSPS) is 10.4. The number of carbonyl (C=O) groups excluding carboxylic acids is 1. The first kappa shape index (κ1) is 17.5. The van der Waals surface area contributed by atoms with Crippen LogP contribution < -0.4 is 10.1 Å². The Bertz CT molecular complexity index is 680. The highest BCUT2D eigenvalue weighted by Gasteiger charge is 2.11. The van der Waals surface area contributed by atoms with Crippen LogP contribution in [0.25, 0.3) is 0 Å². The Morgan fingerprint density at radius 1 is 1.30 bits per heavy atom. The van der Waals surface area contributed by atoms with Crippen LogP contribution in [0.4, 0.5) is 5.69 Å². The molecular formula is C16H16Cl2N2O3. The van der Waals surface area contributed by atoms with E-state index in [1.807, 2.05) is 6.92 Å². The third-order valence-corrected chi connectivity index (χ3v) is 3.20. The van der Waals surface area contributed by atoms with Gasteiger partial charge in [0.2, 0.25) is 11.8 Å². The lowest BCUT2D eigenvalue weighted by Crippen LogP contribution is -2.18. The zero-order chi connectivity index (χ0) is 16.7. The summed E-state index contributed by atoms with van der Waals surface area (Å²) in [6.45, 7) is 2.50. The molecule has 0 bridgehead atoms. The maximum Gasteiger partial charge on any atom is 0.250 e. The van der Waals surface area contributed by atoms with Gasteiger partial charge in [0.15, 0.2) is 5.75 Å². The fourth-order valence-corrected chi connectivity index (χ4v) is 2.15. The number of pyridine rings is 1. The molecule has 1 amide bonds. The molecule has 1 aromatic carbocycles. The number of nitrogens with zero attached hydrogens (tertiary/aromatic N) is 1. The van der Waals surface area contributed by atoms with Crippen LogP contribution in [-0.2, 0) is 9.53 Å². The second-order valence-electron chi connectivity index (χ2n) is 4.64. The summed E-state index contributed by atoms with van der Waals surface area (Å²) in [6, 6.07) is 8.52. The van der Waals surface area contributed by atoms with Crippen molar-refractivity contribution in [1.82, 2.24) is 4.98 Å². The number of rotatable bonds is 7. The van der Waals surface area contributed by atoms with Crippen molar-refractivity contribution in [3.8, 4) is 11.6 Å². The van der Waals surface area contributed by atoms with Crippen LogP contribution in [0.3, 0.4) is 0 Å². The van der Waals surface area contributed by atoms with E-state index in [4.69, 9.17) is 32.7 Å². The van der Waals surface area contributed by atoms with E-state index in [1.54, 1.807) is 24.3 Å². The Hall–Kier alpha value is -1.82. The third-order valence-electron chi connectivity index (χ3n) is 2.72. The number of nitrogens with one attached hydrogen (secondary N) is 1. The lowest BCUT2D eigenvalue weighted by Gasteiger charge is -2.12. The van der Waals surface area contributed by atoms with E-state index >= 15 is 0 Å². The van der Waals surface area contributed by atoms with E-state index in [0.717, 1.165) is 6.42 Å². The van der Waals surface area contributed by atoms with Gasteiger partial charge in [0, 0.05) is 12.8 Å². The number of ether oxygens (including phenoxy) is 2. The minimum absolute atomic E-state index is 0.0118. The topological polar surface area (TPSA) is 60.5 Å². The number of carbonyl (C=O) groups is 1. The van der Waals surface area contributed by atoms with Gasteiger partial charge < -0.3 is 14.8 Å². The summed E-state index contributed by atoms with van der Waals surface area (Å²) in [7, 11) is 0. The van der Waals surface area contributed by atoms with Crippen molar-refractivity contribution in [2.45, 2.75) is 13.3 Å². The quantitative estimate of drug-likeness (QED) is 0.741. The van der Waals surface area contributed by atoms with Gasteiger partial charge in [-0.05, 0) is 24.6 Å². The number of hydrogen-bond acceptors (Lipinski definition) is 4. The maximum absolute atomic E-state index is 11.9. The molecular weight excluding hydrogens is 339 g/mol. The average molecular weight is 355 g/mol. The smallest absolute Gasteiger partial charge is 0.250 e. The zero-order valence-electron chi connectivity index (χ0n) is 12.5. The van der Waals surface area contributed by atoms with Crippen LogP contribution in [0.2, 0.25) is 10.0 Å². The van der Waals surface area contributed by atoms with Gasteiger partial charge in [-0.15, -0.1) is 0 Å². The lowest BCUT2D eigenvalue weighted by atomic mass is 10.3. The highest BCUT2D eigenvalue weighted by molar-refractivity contribution is 6.35. The summed E-state index contributed by atoms with van der Waals surface area (Å²) < 4.78 is 10.9. The van der Waals surface area contributed by atoms with Gasteiger partial charge in [-0.3, -0.25) is 4.79 Å². The van der Waals surface area contributed by atoms with Crippen molar-refractivity contribution < 1.29 is 14.3 Å². The third kappa shape index (κ3) is 5.39. The van der Waals surface area contributed by atoms with Gasteiger partial charge in [0.05, 0.1) is 10.7 Å². The molecule has 0 saturated heterocycles. The van der Waals surface area contributed by atoms with Crippen LogP contribution in [0, 0.1) is 0 Å². The first-order valence-electron chi connectivity index (χ1n) is 7.05. The van der Waals surface area contributed by atoms with Crippen molar-refractivity contribution in [1.29, 1.82) is 0 Å². The van der Waals surface area contributed by atoms with Crippen molar-refractivity contribution in [3.63, 3.8) is 0 Å². The minimum Gasteiger partial charge on any atom is -0.435 e. The van der Waals surface area contributed by atoms with Crippen LogP contribution in [-0.4, -0.2) is 24.1 Å². The number of benzene rings is 1. The van der Waals surface area contributed by atoms with Crippen molar-refractivity contribution in [2.24, 2.45) is 0 Å². The van der Waals surface area contributed by atoms with Gasteiger partial charge in [-0.2, -0.15) is 0 Å². The molecule has 122 valence electrons. The molecule has 0 atom stereocenters. The molecule has 0 aliphatic carbocycles. The Labute approximate surface area is 144 Å². The van der Waals surface area contributed by atoms with E-state index in [0.29, 0.717) is 23.1 Å². The Morgan fingerprint density at radius 2 is 2.09 bits per heavy atom. The van der Waals surface area contributed by atoms with Crippen molar-refractivity contribution >= 4 is 34.8 Å². The highest BCUT2D eigenvalue weighted by Crippen LogP contribution is 2.33. The number of hydrogen-bond donors (Lipinski definition) is 1. The lowest BCUT2D eigenvalue weighted by molar-refractivity contribution is -0.120. The van der Waals surface area contributed by atoms with Gasteiger partial charge >= 0.3 is 0 Å². The Morgan fingerprint density at radius 3 is 2.83 bits per heavy atom. The molecule has 0 spiro atoms. The molecule has 1 N–H and O–H groups in total. The van der Waals surface area contributed by atoms with E-state index in [-0.39, 0.29) is 23.4 Å². The molecule has 2 aromatic rings. The predicted octanol–water partition coefficient (Wildman–Crippen LogP) is 4.55. The SMILES string of the molecule is CCCOCC(=O)Nc1ccccc1Oc1ncc(Cl)cc1Cl. The first-order chi connectivity index (χ1) is 11.1. The highest BCUT2D eigenvalue weighted by atomic mass is 35.5. The predicted molar refractivity (Wildman–Crippen MR) is 90.5 cm³/mol. The summed E-state index contributed by atoms with van der Waals surface area (Å²) in [6.07, 6.45) is 2.29. The molecule has 1 heterocycles. The number of aromatic nitrogens is 1. The van der Waals surface area contributed by atoms with E-state index in [1.165, 1.54) is 12.3 Å². The monoisotopic (exact) mass is 354 g/mol. The van der Waals surface area contributed by atoms with Gasteiger partial charge in [-0.1, -0.05) is 42.3 Å². The summed E-state index contributed by atoms with van der Waals surface area (Å²) in [5.41, 5.74) is 0.505. The van der Waals surface area contributed by atoms with Gasteiger partial charge in [0.1, 0.15) is 11.6 Å². The number of anilines is 1. The maximum atomic E-state index is 11.9. The van der Waals surface area contributed by atoms with Gasteiger partial charge in [-0.25, -0.2) is 4.98 Å². The molecule has 1 aromatic heterocycles. The second kappa shape index (κ2) is 8.72. The molecule has 7 heteroatoms. The first-order valence-corrected chi connectivity index (χ1v) is 7.81.